The highest BCUT2D eigenvalue weighted by Gasteiger charge is 2.32. The first kappa shape index (κ1) is 52.7. The van der Waals surface area contributed by atoms with Crippen LogP contribution in [0, 0.1) is 17.8 Å². The molecular weight excluding hydrogens is 785 g/mol. The Kier molecular flexibility index (Phi) is 16.1. The maximum atomic E-state index is 11.8. The topological polar surface area (TPSA) is 80.9 Å². The summed E-state index contributed by atoms with van der Waals surface area (Å²) in [4.78, 5) is 0. The van der Waals surface area contributed by atoms with Crippen LogP contribution in [0.15, 0.2) is 60.7 Å². The van der Waals surface area contributed by atoms with E-state index in [4.69, 9.17) is 0 Å². The third-order valence-corrected chi connectivity index (χ3v) is 13.5. The Morgan fingerprint density at radius 1 is 0.375 bits per heavy atom. The van der Waals surface area contributed by atoms with Crippen LogP contribution < -0.4 is 0 Å². The Morgan fingerprint density at radius 3 is 0.953 bits per heavy atom. The van der Waals surface area contributed by atoms with E-state index in [-0.39, 0.29) is 38.4 Å². The summed E-state index contributed by atoms with van der Waals surface area (Å²) in [5.74, 6) is 2.47. The maximum Gasteiger partial charge on any atom is 0.123 e. The third kappa shape index (κ3) is 13.6. The Morgan fingerprint density at radius 2 is 0.656 bits per heavy atom. The largest absolute Gasteiger partial charge is 0.508 e. The van der Waals surface area contributed by atoms with Crippen LogP contribution >= 0.6 is 0 Å². The van der Waals surface area contributed by atoms with Gasteiger partial charge in [0.15, 0.2) is 0 Å². The molecule has 64 heavy (non-hydrogen) atoms. The molecule has 0 saturated carbocycles. The van der Waals surface area contributed by atoms with Crippen LogP contribution in [0.3, 0.4) is 0 Å². The van der Waals surface area contributed by atoms with Gasteiger partial charge >= 0.3 is 0 Å². The van der Waals surface area contributed by atoms with Gasteiger partial charge < -0.3 is 20.4 Å². The van der Waals surface area contributed by atoms with Gasteiger partial charge in [-0.2, -0.15) is 0 Å². The van der Waals surface area contributed by atoms with Gasteiger partial charge in [-0.25, -0.2) is 0 Å². The fraction of sp³-hybridized carbons (Fsp3) is 0.600. The molecule has 0 heterocycles. The fourth-order valence-corrected chi connectivity index (χ4v) is 10.0. The summed E-state index contributed by atoms with van der Waals surface area (Å²) in [7, 11) is 0. The molecule has 0 saturated heterocycles. The fourth-order valence-electron chi connectivity index (χ4n) is 10.0. The van der Waals surface area contributed by atoms with Gasteiger partial charge in [0.05, 0.1) is 0 Å². The van der Waals surface area contributed by atoms with Gasteiger partial charge in [-0.05, 0) is 150 Å². The first-order valence-corrected chi connectivity index (χ1v) is 24.5. The molecular formula is C60H90O4. The van der Waals surface area contributed by atoms with Crippen molar-refractivity contribution in [1.29, 1.82) is 0 Å². The average molecular weight is 875 g/mol. The number of aromatic hydroxyl groups is 4. The second-order valence-electron chi connectivity index (χ2n) is 25.9. The van der Waals surface area contributed by atoms with Crippen molar-refractivity contribution in [2.24, 2.45) is 17.8 Å². The molecule has 4 aromatic carbocycles. The molecule has 4 aromatic rings. The first-order chi connectivity index (χ1) is 29.1. The Balaban J connectivity index is 1.95. The van der Waals surface area contributed by atoms with E-state index in [1.165, 1.54) is 16.7 Å². The number of rotatable bonds is 14. The Hall–Kier alpha value is -3.92. The number of para-hydroxylation sites is 1. The van der Waals surface area contributed by atoms with Crippen molar-refractivity contribution < 1.29 is 20.4 Å². The van der Waals surface area contributed by atoms with Gasteiger partial charge in [-0.15, -0.1) is 0 Å². The van der Waals surface area contributed by atoms with Crippen LogP contribution in [0.25, 0.3) is 0 Å². The number of benzene rings is 4. The molecule has 354 valence electrons. The molecule has 0 aliphatic carbocycles. The lowest BCUT2D eigenvalue weighted by Crippen LogP contribution is -2.23. The first-order valence-electron chi connectivity index (χ1n) is 24.5. The van der Waals surface area contributed by atoms with Crippen molar-refractivity contribution >= 4 is 0 Å². The zero-order valence-corrected chi connectivity index (χ0v) is 44.0. The van der Waals surface area contributed by atoms with Gasteiger partial charge in [-0.1, -0.05) is 199 Å². The van der Waals surface area contributed by atoms with Crippen molar-refractivity contribution in [3.63, 3.8) is 0 Å². The van der Waals surface area contributed by atoms with E-state index >= 15 is 0 Å². The normalized spacial score (nSPS) is 14.7. The quantitative estimate of drug-likeness (QED) is 0.102. The molecule has 0 aliphatic heterocycles. The number of phenols is 4. The molecule has 0 spiro atoms. The van der Waals surface area contributed by atoms with Crippen LogP contribution in [0.1, 0.15) is 213 Å². The molecule has 4 nitrogen and oxygen atoms in total. The minimum atomic E-state index is -0.245. The molecule has 3 unspecified atom stereocenters. The lowest BCUT2D eigenvalue weighted by Gasteiger charge is -2.32. The van der Waals surface area contributed by atoms with Crippen LogP contribution in [-0.4, -0.2) is 20.4 Å². The smallest absolute Gasteiger partial charge is 0.123 e. The average Bonchev–Trinajstić information content (AvgIpc) is 3.11. The molecule has 0 aromatic heterocycles. The third-order valence-electron chi connectivity index (χ3n) is 13.5. The summed E-state index contributed by atoms with van der Waals surface area (Å²) in [6.45, 7) is 41.7. The van der Waals surface area contributed by atoms with E-state index in [2.05, 4.69) is 174 Å². The van der Waals surface area contributed by atoms with Crippen molar-refractivity contribution in [1.82, 2.24) is 0 Å². The summed E-state index contributed by atoms with van der Waals surface area (Å²) < 4.78 is 0. The van der Waals surface area contributed by atoms with E-state index in [1.807, 2.05) is 18.2 Å². The van der Waals surface area contributed by atoms with Crippen molar-refractivity contribution in [3.05, 3.63) is 116 Å². The van der Waals surface area contributed by atoms with Crippen molar-refractivity contribution in [2.75, 3.05) is 0 Å². The summed E-state index contributed by atoms with van der Waals surface area (Å²) in [5.41, 5.74) is 9.31. The van der Waals surface area contributed by atoms with Gasteiger partial charge in [0.2, 0.25) is 0 Å². The predicted molar refractivity (Wildman–Crippen MR) is 274 cm³/mol. The Labute approximate surface area is 391 Å². The highest BCUT2D eigenvalue weighted by atomic mass is 16.3. The molecule has 4 N–H and O–H groups in total. The van der Waals surface area contributed by atoms with E-state index in [0.29, 0.717) is 34.8 Å². The van der Waals surface area contributed by atoms with Gasteiger partial charge in [0.25, 0.3) is 0 Å². The van der Waals surface area contributed by atoms with Crippen LogP contribution in [0.5, 0.6) is 23.0 Å². The predicted octanol–water partition coefficient (Wildman–Crippen LogP) is 16.0. The molecule has 0 bridgehead atoms. The summed E-state index contributed by atoms with van der Waals surface area (Å²) in [6.07, 6.45) is 7.48. The zero-order valence-electron chi connectivity index (χ0n) is 44.0. The van der Waals surface area contributed by atoms with Crippen molar-refractivity contribution in [3.8, 4) is 23.0 Å². The zero-order chi connectivity index (χ0) is 48.5. The van der Waals surface area contributed by atoms with Crippen LogP contribution in [0.4, 0.5) is 0 Å². The molecule has 4 heteroatoms. The maximum absolute atomic E-state index is 11.8. The standard InChI is InChI=1S/C60H90O4/c1-20-23-38(27-41-32-45(55(2,3)4)52(62)46(33-41)56(5,6)7)26-39(29-42-34-47(57(8,9)10)53(63)48(35-42)58(11,12)13)28-40(31-44-24-21-22-25-51(44)61)30-43-36-49(59(14,15)16)54(64)50(37-43)60(17,18)19/h21-22,24-25,32-40,61-64H,20,23,26-31H2,1-19H3. The van der Waals surface area contributed by atoms with Crippen LogP contribution in [-0.2, 0) is 58.2 Å². The highest BCUT2D eigenvalue weighted by molar-refractivity contribution is 5.52. The molecule has 0 radical (unpaired) electrons. The second-order valence-corrected chi connectivity index (χ2v) is 25.9. The minimum absolute atomic E-state index is 0.195. The van der Waals surface area contributed by atoms with Crippen LogP contribution in [0.2, 0.25) is 0 Å². The van der Waals surface area contributed by atoms with E-state index in [9.17, 15) is 20.4 Å². The lowest BCUT2D eigenvalue weighted by molar-refractivity contribution is 0.284. The summed E-state index contributed by atoms with van der Waals surface area (Å²) in [5, 5.41) is 46.4. The summed E-state index contributed by atoms with van der Waals surface area (Å²) >= 11 is 0. The SMILES string of the molecule is CCCC(Cc1cc(C(C)(C)C)c(O)c(C(C)(C)C)c1)CC(Cc1cc(C(C)(C)C)c(O)c(C(C)(C)C)c1)CC(Cc1cc(C(C)(C)C)c(O)c(C(C)(C)C)c1)Cc1ccccc1O. The number of phenolic OH excluding ortho intramolecular Hbond substituents is 4. The molecule has 4 rings (SSSR count). The number of hydrogen-bond acceptors (Lipinski definition) is 4. The van der Waals surface area contributed by atoms with E-state index in [1.54, 1.807) is 0 Å². The monoisotopic (exact) mass is 875 g/mol. The van der Waals surface area contributed by atoms with E-state index in [0.717, 1.165) is 90.3 Å². The minimum Gasteiger partial charge on any atom is -0.508 e. The molecule has 3 atom stereocenters. The second kappa shape index (κ2) is 19.5. The molecule has 0 amide bonds. The van der Waals surface area contributed by atoms with Crippen molar-refractivity contribution in [2.45, 2.75) is 215 Å². The van der Waals surface area contributed by atoms with Gasteiger partial charge in [-0.3, -0.25) is 0 Å². The summed E-state index contributed by atoms with van der Waals surface area (Å²) in [6, 6.07) is 21.4. The molecule has 0 fully saturated rings. The highest BCUT2D eigenvalue weighted by Crippen LogP contribution is 2.45. The van der Waals surface area contributed by atoms with E-state index < -0.39 is 0 Å². The Bertz CT molecular complexity index is 2090. The number of hydrogen-bond donors (Lipinski definition) is 4. The lowest BCUT2D eigenvalue weighted by atomic mass is 9.73. The van der Waals surface area contributed by atoms with Gasteiger partial charge in [0.1, 0.15) is 23.0 Å². The molecule has 0 aliphatic rings. The van der Waals surface area contributed by atoms with Gasteiger partial charge in [0, 0.05) is 0 Å².